The minimum Gasteiger partial charge on any atom is -0.371 e. The largest absolute Gasteiger partial charge is 0.371 e. The first-order valence-electron chi connectivity index (χ1n) is 5.59. The van der Waals surface area contributed by atoms with Crippen LogP contribution in [0.15, 0.2) is 24.3 Å². The van der Waals surface area contributed by atoms with Crippen LogP contribution < -0.4 is 10.6 Å². The van der Waals surface area contributed by atoms with Gasteiger partial charge in [0.15, 0.2) is 0 Å². The molecule has 0 amide bonds. The van der Waals surface area contributed by atoms with Gasteiger partial charge in [0.05, 0.1) is 5.54 Å². The summed E-state index contributed by atoms with van der Waals surface area (Å²) in [6.45, 7) is 0.870. The molecule has 0 saturated carbocycles. The third-order valence-corrected chi connectivity index (χ3v) is 3.30. The monoisotopic (exact) mass is 244 g/mol. The molecule has 0 radical (unpaired) electrons. The number of hydrogen-bond acceptors (Lipinski definition) is 2. The van der Waals surface area contributed by atoms with Crippen LogP contribution in [0, 0.1) is 5.82 Å². The molecule has 0 bridgehead atoms. The van der Waals surface area contributed by atoms with Crippen LogP contribution in [-0.2, 0) is 0 Å². The Balaban J connectivity index is 2.04. The highest BCUT2D eigenvalue weighted by atomic mass is 19.3. The molecule has 17 heavy (non-hydrogen) atoms. The van der Waals surface area contributed by atoms with Gasteiger partial charge >= 0.3 is 0 Å². The van der Waals surface area contributed by atoms with Crippen LogP contribution >= 0.6 is 0 Å². The van der Waals surface area contributed by atoms with E-state index in [1.54, 1.807) is 12.1 Å². The second kappa shape index (κ2) is 4.56. The molecule has 0 spiro atoms. The van der Waals surface area contributed by atoms with Gasteiger partial charge in [-0.3, -0.25) is 0 Å². The highest BCUT2D eigenvalue weighted by Gasteiger charge is 2.38. The predicted molar refractivity (Wildman–Crippen MR) is 60.8 cm³/mol. The predicted octanol–water partition coefficient (Wildman–Crippen LogP) is 2.39. The Morgan fingerprint density at radius 2 is 1.88 bits per heavy atom. The summed E-state index contributed by atoms with van der Waals surface area (Å²) in [5.74, 6) is -0.319. The number of piperidine rings is 1. The number of hydrogen-bond donors (Lipinski definition) is 1. The molecular weight excluding hydrogens is 229 g/mol. The van der Waals surface area contributed by atoms with Gasteiger partial charge < -0.3 is 10.6 Å². The van der Waals surface area contributed by atoms with Crippen molar-refractivity contribution >= 4 is 5.69 Å². The van der Waals surface area contributed by atoms with Crippen LogP contribution in [0.25, 0.3) is 0 Å². The van der Waals surface area contributed by atoms with E-state index in [0.717, 1.165) is 5.69 Å². The fraction of sp³-hybridized carbons (Fsp3) is 0.500. The van der Waals surface area contributed by atoms with Crippen molar-refractivity contribution in [3.05, 3.63) is 30.1 Å². The summed E-state index contributed by atoms with van der Waals surface area (Å²) in [6.07, 6.45) is -2.06. The van der Waals surface area contributed by atoms with Gasteiger partial charge in [-0.05, 0) is 31.0 Å². The van der Waals surface area contributed by atoms with Crippen molar-refractivity contribution in [3.8, 4) is 0 Å². The van der Waals surface area contributed by atoms with Crippen LogP contribution in [-0.4, -0.2) is 25.1 Å². The van der Waals surface area contributed by atoms with E-state index in [1.165, 1.54) is 12.1 Å². The summed E-state index contributed by atoms with van der Waals surface area (Å²) in [5, 5.41) is 0. The minimum atomic E-state index is -2.50. The Hall–Kier alpha value is -1.23. The first-order valence-corrected chi connectivity index (χ1v) is 5.59. The normalized spacial score (nSPS) is 19.7. The molecule has 2 nitrogen and oxygen atoms in total. The number of alkyl halides is 2. The highest BCUT2D eigenvalue weighted by Crippen LogP contribution is 2.29. The average molecular weight is 244 g/mol. The first-order chi connectivity index (χ1) is 8.01. The molecule has 1 heterocycles. The van der Waals surface area contributed by atoms with Gasteiger partial charge in [-0.2, -0.15) is 0 Å². The maximum Gasteiger partial charge on any atom is 0.256 e. The quantitative estimate of drug-likeness (QED) is 0.865. The van der Waals surface area contributed by atoms with Crippen molar-refractivity contribution < 1.29 is 13.2 Å². The van der Waals surface area contributed by atoms with Gasteiger partial charge in [0.2, 0.25) is 0 Å². The lowest BCUT2D eigenvalue weighted by Crippen LogP contribution is -2.55. The van der Waals surface area contributed by atoms with Crippen molar-refractivity contribution in [2.75, 3.05) is 18.0 Å². The van der Waals surface area contributed by atoms with E-state index in [-0.39, 0.29) is 18.7 Å². The first kappa shape index (κ1) is 12.2. The lowest BCUT2D eigenvalue weighted by Gasteiger charge is -2.39. The topological polar surface area (TPSA) is 29.3 Å². The van der Waals surface area contributed by atoms with Crippen molar-refractivity contribution in [3.63, 3.8) is 0 Å². The molecule has 1 aromatic carbocycles. The molecule has 94 valence electrons. The fourth-order valence-corrected chi connectivity index (χ4v) is 2.07. The number of rotatable bonds is 2. The third kappa shape index (κ3) is 2.54. The zero-order valence-electron chi connectivity index (χ0n) is 9.37. The standard InChI is InChI=1S/C12H15F3N2/c13-9-2-1-3-10(8-9)17-6-4-12(16,5-7-17)11(14)15/h1-3,8,11H,4-7,16H2. The molecule has 0 aromatic heterocycles. The van der Waals surface area contributed by atoms with E-state index in [1.807, 2.05) is 4.90 Å². The van der Waals surface area contributed by atoms with Crippen LogP contribution in [0.2, 0.25) is 0 Å². The molecule has 2 rings (SSSR count). The van der Waals surface area contributed by atoms with E-state index in [4.69, 9.17) is 5.73 Å². The SMILES string of the molecule is NC1(C(F)F)CCN(c2cccc(F)c2)CC1. The number of halogens is 3. The summed E-state index contributed by atoms with van der Waals surface area (Å²) in [5.41, 5.74) is 4.96. The zero-order chi connectivity index (χ0) is 12.5. The van der Waals surface area contributed by atoms with Crippen LogP contribution in [0.5, 0.6) is 0 Å². The van der Waals surface area contributed by atoms with E-state index in [2.05, 4.69) is 0 Å². The van der Waals surface area contributed by atoms with Crippen molar-refractivity contribution in [2.24, 2.45) is 5.73 Å². The molecular formula is C12H15F3N2. The number of nitrogens with zero attached hydrogens (tertiary/aromatic N) is 1. The Morgan fingerprint density at radius 1 is 1.24 bits per heavy atom. The summed E-state index contributed by atoms with van der Waals surface area (Å²) in [7, 11) is 0. The Bertz CT molecular complexity index is 387. The van der Waals surface area contributed by atoms with Gasteiger partial charge in [-0.15, -0.1) is 0 Å². The molecule has 0 unspecified atom stereocenters. The summed E-state index contributed by atoms with van der Waals surface area (Å²) >= 11 is 0. The molecule has 1 aliphatic heterocycles. The van der Waals surface area contributed by atoms with E-state index in [0.29, 0.717) is 13.1 Å². The lowest BCUT2D eigenvalue weighted by atomic mass is 9.89. The second-order valence-electron chi connectivity index (χ2n) is 4.50. The Morgan fingerprint density at radius 3 is 2.41 bits per heavy atom. The number of benzene rings is 1. The van der Waals surface area contributed by atoms with Gasteiger partial charge in [-0.1, -0.05) is 6.07 Å². The molecule has 1 aliphatic rings. The molecule has 0 atom stereocenters. The highest BCUT2D eigenvalue weighted by molar-refractivity contribution is 5.47. The summed E-state index contributed by atoms with van der Waals surface area (Å²) < 4.78 is 38.4. The van der Waals surface area contributed by atoms with Crippen LogP contribution in [0.4, 0.5) is 18.9 Å². The maximum absolute atomic E-state index is 13.0. The van der Waals surface area contributed by atoms with E-state index in [9.17, 15) is 13.2 Å². The molecule has 2 N–H and O–H groups in total. The molecule has 1 fully saturated rings. The fourth-order valence-electron chi connectivity index (χ4n) is 2.07. The van der Waals surface area contributed by atoms with Gasteiger partial charge in [0, 0.05) is 18.8 Å². The second-order valence-corrected chi connectivity index (χ2v) is 4.50. The number of nitrogens with two attached hydrogens (primary N) is 1. The Kier molecular flexibility index (Phi) is 3.28. The molecule has 1 aromatic rings. The lowest BCUT2D eigenvalue weighted by molar-refractivity contribution is 0.0391. The van der Waals surface area contributed by atoms with E-state index < -0.39 is 12.0 Å². The molecule has 0 aliphatic carbocycles. The third-order valence-electron chi connectivity index (χ3n) is 3.30. The Labute approximate surface area is 98.2 Å². The maximum atomic E-state index is 13.0. The summed E-state index contributed by atoms with van der Waals surface area (Å²) in [6, 6.07) is 6.16. The van der Waals surface area contributed by atoms with Crippen molar-refractivity contribution in [1.29, 1.82) is 0 Å². The number of anilines is 1. The van der Waals surface area contributed by atoms with Crippen molar-refractivity contribution in [1.82, 2.24) is 0 Å². The zero-order valence-corrected chi connectivity index (χ0v) is 9.37. The van der Waals surface area contributed by atoms with Gasteiger partial charge in [0.1, 0.15) is 5.82 Å². The summed E-state index contributed by atoms with van der Waals surface area (Å²) in [4.78, 5) is 1.89. The smallest absolute Gasteiger partial charge is 0.256 e. The van der Waals surface area contributed by atoms with E-state index >= 15 is 0 Å². The van der Waals surface area contributed by atoms with Crippen LogP contribution in [0.1, 0.15) is 12.8 Å². The average Bonchev–Trinajstić information content (AvgIpc) is 2.30. The molecule has 5 heteroatoms. The van der Waals surface area contributed by atoms with Crippen molar-refractivity contribution in [2.45, 2.75) is 24.8 Å². The minimum absolute atomic E-state index is 0.223. The molecule has 1 saturated heterocycles. The van der Waals surface area contributed by atoms with Gasteiger partial charge in [0.25, 0.3) is 6.43 Å². The van der Waals surface area contributed by atoms with Crippen LogP contribution in [0.3, 0.4) is 0 Å². The van der Waals surface area contributed by atoms with Gasteiger partial charge in [-0.25, -0.2) is 13.2 Å².